The minimum Gasteiger partial charge on any atom is -0.306 e. The van der Waals surface area contributed by atoms with Gasteiger partial charge in [0.15, 0.2) is 0 Å². The molecule has 0 aliphatic heterocycles. The second-order valence-electron chi connectivity index (χ2n) is 4.86. The maximum absolute atomic E-state index is 4.57. The predicted molar refractivity (Wildman–Crippen MR) is 76.9 cm³/mol. The first-order valence-corrected chi connectivity index (χ1v) is 6.79. The second kappa shape index (κ2) is 5.97. The highest BCUT2D eigenvalue weighted by atomic mass is 15.3. The normalized spacial score (nSPS) is 12.6. The van der Waals surface area contributed by atoms with Crippen LogP contribution in [0.2, 0.25) is 0 Å². The number of rotatable bonds is 5. The van der Waals surface area contributed by atoms with Gasteiger partial charge in [0.1, 0.15) is 0 Å². The molecule has 19 heavy (non-hydrogen) atoms. The fourth-order valence-corrected chi connectivity index (χ4v) is 2.52. The summed E-state index contributed by atoms with van der Waals surface area (Å²) in [5, 5.41) is 8.12. The summed E-state index contributed by atoms with van der Waals surface area (Å²) in [6, 6.07) is 4.37. The Morgan fingerprint density at radius 3 is 2.53 bits per heavy atom. The highest BCUT2D eigenvalue weighted by Gasteiger charge is 2.16. The molecule has 2 heterocycles. The third-order valence-electron chi connectivity index (χ3n) is 3.53. The molecular weight excluding hydrogens is 236 g/mol. The van der Waals surface area contributed by atoms with E-state index in [1.165, 1.54) is 16.8 Å². The van der Waals surface area contributed by atoms with Gasteiger partial charge >= 0.3 is 0 Å². The standard InChI is InChI=1S/C15H22N4/c1-5-19-13(4)15(12(3)18-19)11(2)17-10-14-6-8-16-9-7-14/h6-9,11,17H,5,10H2,1-4H3. The molecule has 0 aliphatic carbocycles. The van der Waals surface area contributed by atoms with E-state index in [9.17, 15) is 0 Å². The molecule has 4 heteroatoms. The Bertz CT molecular complexity index is 531. The quantitative estimate of drug-likeness (QED) is 0.896. The van der Waals surface area contributed by atoms with Gasteiger partial charge in [-0.1, -0.05) is 0 Å². The predicted octanol–water partition coefficient (Wildman–Crippen LogP) is 2.77. The van der Waals surface area contributed by atoms with Crippen LogP contribution >= 0.6 is 0 Å². The maximum Gasteiger partial charge on any atom is 0.0644 e. The number of aryl methyl sites for hydroxylation is 2. The first kappa shape index (κ1) is 13.7. The van der Waals surface area contributed by atoms with Crippen LogP contribution < -0.4 is 5.32 Å². The first-order valence-electron chi connectivity index (χ1n) is 6.79. The summed E-state index contributed by atoms with van der Waals surface area (Å²) in [5.41, 5.74) is 4.94. The van der Waals surface area contributed by atoms with Gasteiger partial charge in [-0.3, -0.25) is 9.67 Å². The Balaban J connectivity index is 2.08. The molecule has 2 aromatic heterocycles. The highest BCUT2D eigenvalue weighted by molar-refractivity contribution is 5.28. The van der Waals surface area contributed by atoms with Crippen molar-refractivity contribution in [2.45, 2.75) is 46.8 Å². The van der Waals surface area contributed by atoms with Crippen molar-refractivity contribution in [2.24, 2.45) is 0 Å². The van der Waals surface area contributed by atoms with Crippen LogP contribution in [0.4, 0.5) is 0 Å². The molecule has 0 saturated heterocycles. The molecule has 0 saturated carbocycles. The molecule has 0 fully saturated rings. The van der Waals surface area contributed by atoms with E-state index in [0.717, 1.165) is 18.8 Å². The van der Waals surface area contributed by atoms with E-state index in [0.29, 0.717) is 6.04 Å². The lowest BCUT2D eigenvalue weighted by Crippen LogP contribution is -2.19. The summed E-state index contributed by atoms with van der Waals surface area (Å²) in [5.74, 6) is 0. The van der Waals surface area contributed by atoms with Crippen LogP contribution in [0.15, 0.2) is 24.5 Å². The van der Waals surface area contributed by atoms with Gasteiger partial charge in [0.05, 0.1) is 5.69 Å². The van der Waals surface area contributed by atoms with Gasteiger partial charge in [0.25, 0.3) is 0 Å². The topological polar surface area (TPSA) is 42.7 Å². The number of hydrogen-bond acceptors (Lipinski definition) is 3. The lowest BCUT2D eigenvalue weighted by molar-refractivity contribution is 0.566. The Hall–Kier alpha value is -1.68. The number of aromatic nitrogens is 3. The Labute approximate surface area is 114 Å². The second-order valence-corrected chi connectivity index (χ2v) is 4.86. The van der Waals surface area contributed by atoms with E-state index in [1.54, 1.807) is 0 Å². The van der Waals surface area contributed by atoms with E-state index in [2.05, 4.69) is 47.8 Å². The van der Waals surface area contributed by atoms with Gasteiger partial charge in [-0.15, -0.1) is 0 Å². The van der Waals surface area contributed by atoms with E-state index in [-0.39, 0.29) is 0 Å². The summed E-state index contributed by atoms with van der Waals surface area (Å²) in [6.07, 6.45) is 3.65. The van der Waals surface area contributed by atoms with Gasteiger partial charge in [-0.2, -0.15) is 5.10 Å². The van der Waals surface area contributed by atoms with Crippen molar-refractivity contribution in [3.05, 3.63) is 47.0 Å². The largest absolute Gasteiger partial charge is 0.306 e. The highest BCUT2D eigenvalue weighted by Crippen LogP contribution is 2.21. The van der Waals surface area contributed by atoms with E-state index < -0.39 is 0 Å². The number of hydrogen-bond donors (Lipinski definition) is 1. The summed E-state index contributed by atoms with van der Waals surface area (Å²) >= 11 is 0. The summed E-state index contributed by atoms with van der Waals surface area (Å²) in [6.45, 7) is 10.3. The van der Waals surface area contributed by atoms with E-state index in [1.807, 2.05) is 24.5 Å². The molecule has 0 bridgehead atoms. The fraction of sp³-hybridized carbons (Fsp3) is 0.467. The van der Waals surface area contributed by atoms with Crippen LogP contribution in [0, 0.1) is 13.8 Å². The Morgan fingerprint density at radius 1 is 1.26 bits per heavy atom. The Kier molecular flexibility index (Phi) is 4.32. The molecule has 0 aliphatic rings. The number of pyridine rings is 1. The summed E-state index contributed by atoms with van der Waals surface area (Å²) in [4.78, 5) is 4.03. The van der Waals surface area contributed by atoms with Gasteiger partial charge < -0.3 is 5.32 Å². The third-order valence-corrected chi connectivity index (χ3v) is 3.53. The maximum atomic E-state index is 4.57. The SMILES string of the molecule is CCn1nc(C)c(C(C)NCc2ccncc2)c1C. The van der Waals surface area contributed by atoms with Gasteiger partial charge in [-0.25, -0.2) is 0 Å². The van der Waals surface area contributed by atoms with Crippen molar-refractivity contribution < 1.29 is 0 Å². The molecule has 0 spiro atoms. The molecule has 0 aromatic carbocycles. The molecule has 102 valence electrons. The smallest absolute Gasteiger partial charge is 0.0644 e. The van der Waals surface area contributed by atoms with Gasteiger partial charge in [0.2, 0.25) is 0 Å². The van der Waals surface area contributed by atoms with E-state index >= 15 is 0 Å². The van der Waals surface area contributed by atoms with Crippen LogP contribution in [0.3, 0.4) is 0 Å². The average Bonchev–Trinajstić information content (AvgIpc) is 2.72. The molecule has 4 nitrogen and oxygen atoms in total. The van der Waals surface area contributed by atoms with Crippen molar-refractivity contribution in [1.82, 2.24) is 20.1 Å². The van der Waals surface area contributed by atoms with Crippen molar-refractivity contribution in [1.29, 1.82) is 0 Å². The van der Waals surface area contributed by atoms with Crippen LogP contribution in [0.5, 0.6) is 0 Å². The van der Waals surface area contributed by atoms with Crippen LogP contribution in [-0.2, 0) is 13.1 Å². The molecule has 0 amide bonds. The van der Waals surface area contributed by atoms with E-state index in [4.69, 9.17) is 0 Å². The zero-order valence-electron chi connectivity index (χ0n) is 12.1. The average molecular weight is 258 g/mol. The number of nitrogens with zero attached hydrogens (tertiary/aromatic N) is 3. The zero-order valence-corrected chi connectivity index (χ0v) is 12.1. The minimum absolute atomic E-state index is 0.300. The van der Waals surface area contributed by atoms with Gasteiger partial charge in [-0.05, 0) is 45.4 Å². The monoisotopic (exact) mass is 258 g/mol. The van der Waals surface area contributed by atoms with Gasteiger partial charge in [0, 0.05) is 42.8 Å². The summed E-state index contributed by atoms with van der Waals surface area (Å²) < 4.78 is 2.06. The molecule has 2 aromatic rings. The van der Waals surface area contributed by atoms with Crippen LogP contribution in [-0.4, -0.2) is 14.8 Å². The van der Waals surface area contributed by atoms with Crippen molar-refractivity contribution in [3.8, 4) is 0 Å². The van der Waals surface area contributed by atoms with Crippen molar-refractivity contribution in [2.75, 3.05) is 0 Å². The van der Waals surface area contributed by atoms with Crippen LogP contribution in [0.25, 0.3) is 0 Å². The molecule has 1 atom stereocenters. The van der Waals surface area contributed by atoms with Crippen molar-refractivity contribution in [3.63, 3.8) is 0 Å². The molecular formula is C15H22N4. The lowest BCUT2D eigenvalue weighted by Gasteiger charge is -2.15. The minimum atomic E-state index is 0.300. The number of nitrogens with one attached hydrogen (secondary N) is 1. The molecule has 1 N–H and O–H groups in total. The molecule has 0 radical (unpaired) electrons. The van der Waals surface area contributed by atoms with Crippen molar-refractivity contribution >= 4 is 0 Å². The molecule has 2 rings (SSSR count). The third kappa shape index (κ3) is 3.01. The first-order chi connectivity index (χ1) is 9.13. The van der Waals surface area contributed by atoms with Crippen LogP contribution in [0.1, 0.15) is 42.4 Å². The Morgan fingerprint density at radius 2 is 1.95 bits per heavy atom. The molecule has 1 unspecified atom stereocenters. The summed E-state index contributed by atoms with van der Waals surface area (Å²) in [7, 11) is 0. The zero-order chi connectivity index (χ0) is 13.8. The fourth-order valence-electron chi connectivity index (χ4n) is 2.52. The lowest BCUT2D eigenvalue weighted by atomic mass is 10.1.